The van der Waals surface area contributed by atoms with E-state index in [2.05, 4.69) is 69.2 Å². The highest BCUT2D eigenvalue weighted by molar-refractivity contribution is 4.36. The van der Waals surface area contributed by atoms with E-state index in [-0.39, 0.29) is 0 Å². The smallest absolute Gasteiger partial charge is 0.0533 e. The van der Waals surface area contributed by atoms with E-state index in [0.29, 0.717) is 0 Å². The SMILES string of the molecule is CCCCCC.CCCCCC.CCCCCC.CCCCCC.CCCCCCC. The van der Waals surface area contributed by atoms with Crippen LogP contribution in [0, 0.1) is 0 Å². The van der Waals surface area contributed by atoms with Crippen LogP contribution in [0.3, 0.4) is 0 Å². The molecule has 0 atom stereocenters. The molecule has 0 aliphatic rings. The zero-order valence-electron chi connectivity index (χ0n) is 24.8. The van der Waals surface area contributed by atoms with Crippen molar-refractivity contribution in [3.05, 3.63) is 0 Å². The van der Waals surface area contributed by atoms with E-state index in [0.717, 1.165) is 0 Å². The molecule has 0 aliphatic heterocycles. The highest BCUT2D eigenvalue weighted by Crippen LogP contribution is 2.00. The number of hydrogen-bond acceptors (Lipinski definition) is 0. The van der Waals surface area contributed by atoms with Crippen molar-refractivity contribution in [2.24, 2.45) is 0 Å². The molecule has 0 heterocycles. The van der Waals surface area contributed by atoms with Gasteiger partial charge in [0.05, 0.1) is 0 Å². The van der Waals surface area contributed by atoms with Gasteiger partial charge in [-0.05, 0) is 0 Å². The lowest BCUT2D eigenvalue weighted by Gasteiger charge is -1.90. The van der Waals surface area contributed by atoms with Crippen molar-refractivity contribution in [1.82, 2.24) is 0 Å². The summed E-state index contributed by atoms with van der Waals surface area (Å²) in [7, 11) is 0. The Morgan fingerprint density at radius 3 is 0.355 bits per heavy atom. The van der Waals surface area contributed by atoms with Gasteiger partial charge in [-0.3, -0.25) is 0 Å². The van der Waals surface area contributed by atoms with E-state index >= 15 is 0 Å². The standard InChI is InChI=1S/C7H16.4C6H14/c1-3-5-7-6-4-2;4*1-3-5-6-4-2/h3-7H2,1-2H3;4*3-6H2,1-2H3. The molecule has 0 radical (unpaired) electrons. The minimum atomic E-state index is 1.36. The first-order chi connectivity index (χ1) is 15.1. The lowest BCUT2D eigenvalue weighted by molar-refractivity contribution is 0.656. The van der Waals surface area contributed by atoms with E-state index in [9.17, 15) is 0 Å². The van der Waals surface area contributed by atoms with Gasteiger partial charge >= 0.3 is 0 Å². The quantitative estimate of drug-likeness (QED) is 0.207. The first-order valence-electron chi connectivity index (χ1n) is 15.1. The second kappa shape index (κ2) is 57.2. The third-order valence-corrected chi connectivity index (χ3v) is 5.04. The van der Waals surface area contributed by atoms with Gasteiger partial charge in [-0.25, -0.2) is 0 Å². The van der Waals surface area contributed by atoms with Crippen molar-refractivity contribution in [3.63, 3.8) is 0 Å². The van der Waals surface area contributed by atoms with Gasteiger partial charge < -0.3 is 0 Å². The average Bonchev–Trinajstić information content (AvgIpc) is 2.80. The lowest BCUT2D eigenvalue weighted by Crippen LogP contribution is -1.70. The fourth-order valence-electron chi connectivity index (χ4n) is 2.68. The number of unbranched alkanes of at least 4 members (excludes halogenated alkanes) is 16. The summed E-state index contributed by atoms with van der Waals surface area (Å²) in [6.07, 6.45) is 29.2. The largest absolute Gasteiger partial charge is 0.0654 e. The highest BCUT2D eigenvalue weighted by Gasteiger charge is 1.80. The Labute approximate surface area is 204 Å². The maximum absolute atomic E-state index is 2.25. The molecule has 0 aromatic heterocycles. The molecule has 0 spiro atoms. The van der Waals surface area contributed by atoms with Gasteiger partial charge in [0, 0.05) is 0 Å². The molecule has 0 rings (SSSR count). The molecule has 0 bridgehead atoms. The van der Waals surface area contributed by atoms with E-state index in [4.69, 9.17) is 0 Å². The first-order valence-corrected chi connectivity index (χ1v) is 15.1. The van der Waals surface area contributed by atoms with Crippen LogP contribution in [0.5, 0.6) is 0 Å². The summed E-state index contributed by atoms with van der Waals surface area (Å²) >= 11 is 0. The monoisotopic (exact) mass is 445 g/mol. The Morgan fingerprint density at radius 1 is 0.161 bits per heavy atom. The Morgan fingerprint density at radius 2 is 0.258 bits per heavy atom. The molecule has 0 saturated carbocycles. The van der Waals surface area contributed by atoms with Crippen molar-refractivity contribution < 1.29 is 0 Å². The minimum Gasteiger partial charge on any atom is -0.0654 e. The molecule has 0 saturated heterocycles. The second-order valence-corrected chi connectivity index (χ2v) is 8.89. The Hall–Kier alpha value is 0. The van der Waals surface area contributed by atoms with Crippen molar-refractivity contribution in [1.29, 1.82) is 0 Å². The van der Waals surface area contributed by atoms with E-state index in [1.165, 1.54) is 135 Å². The maximum atomic E-state index is 2.25. The van der Waals surface area contributed by atoms with Crippen LogP contribution in [0.15, 0.2) is 0 Å². The summed E-state index contributed by atoms with van der Waals surface area (Å²) in [5.41, 5.74) is 0. The van der Waals surface area contributed by atoms with E-state index in [1.807, 2.05) is 0 Å². The van der Waals surface area contributed by atoms with Gasteiger partial charge in [0.25, 0.3) is 0 Å². The molecule has 0 N–H and O–H groups in total. The third-order valence-electron chi connectivity index (χ3n) is 5.04. The van der Waals surface area contributed by atoms with E-state index in [1.54, 1.807) is 0 Å². The molecule has 0 aromatic carbocycles. The molecule has 31 heavy (non-hydrogen) atoms. The molecule has 0 nitrogen and oxygen atoms in total. The predicted octanol–water partition coefficient (Wildman–Crippen LogP) is 13.3. The fraction of sp³-hybridized carbons (Fsp3) is 1.00. The highest BCUT2D eigenvalue weighted by atomic mass is 13.9. The topological polar surface area (TPSA) is 0 Å². The zero-order chi connectivity index (χ0) is 24.8. The van der Waals surface area contributed by atoms with Crippen LogP contribution in [0.2, 0.25) is 0 Å². The Balaban J connectivity index is -0.0000000910. The molecule has 0 unspecified atom stereocenters. The number of hydrogen-bond donors (Lipinski definition) is 0. The molecule has 0 fully saturated rings. The summed E-state index contributed by atoms with van der Waals surface area (Å²) in [6.45, 7) is 22.3. The van der Waals surface area contributed by atoms with Crippen molar-refractivity contribution in [2.45, 2.75) is 204 Å². The minimum absolute atomic E-state index is 1.36. The molecule has 0 amide bonds. The van der Waals surface area contributed by atoms with Crippen LogP contribution in [-0.2, 0) is 0 Å². The van der Waals surface area contributed by atoms with Crippen LogP contribution in [0.25, 0.3) is 0 Å². The van der Waals surface area contributed by atoms with Crippen LogP contribution in [-0.4, -0.2) is 0 Å². The normalized spacial score (nSPS) is 9.10. The van der Waals surface area contributed by atoms with Crippen molar-refractivity contribution in [3.8, 4) is 0 Å². The summed E-state index contributed by atoms with van der Waals surface area (Å²) in [4.78, 5) is 0. The van der Waals surface area contributed by atoms with Gasteiger partial charge in [0.15, 0.2) is 0 Å². The van der Waals surface area contributed by atoms with Crippen LogP contribution < -0.4 is 0 Å². The van der Waals surface area contributed by atoms with E-state index < -0.39 is 0 Å². The van der Waals surface area contributed by atoms with Gasteiger partial charge in [-0.2, -0.15) is 0 Å². The van der Waals surface area contributed by atoms with Gasteiger partial charge in [0.2, 0.25) is 0 Å². The van der Waals surface area contributed by atoms with Gasteiger partial charge in [-0.15, -0.1) is 0 Å². The Kier molecular flexibility index (Phi) is 76.2. The van der Waals surface area contributed by atoms with Crippen molar-refractivity contribution in [2.75, 3.05) is 0 Å². The zero-order valence-corrected chi connectivity index (χ0v) is 24.8. The number of rotatable bonds is 16. The molecule has 0 aliphatic carbocycles. The summed E-state index contributed by atoms with van der Waals surface area (Å²) in [5.74, 6) is 0. The lowest BCUT2D eigenvalue weighted by atomic mass is 10.2. The first kappa shape index (κ1) is 41.3. The molecule has 0 aromatic rings. The third kappa shape index (κ3) is 91.9. The fourth-order valence-corrected chi connectivity index (χ4v) is 2.68. The average molecular weight is 445 g/mol. The second-order valence-electron chi connectivity index (χ2n) is 8.89. The maximum Gasteiger partial charge on any atom is -0.0533 e. The van der Waals surface area contributed by atoms with Gasteiger partial charge in [0.1, 0.15) is 0 Å². The summed E-state index contributed by atoms with van der Waals surface area (Å²) in [6, 6.07) is 0. The molecule has 196 valence electrons. The molecular weight excluding hydrogens is 372 g/mol. The van der Waals surface area contributed by atoms with Crippen LogP contribution in [0.1, 0.15) is 204 Å². The molecular formula is C31H72. The predicted molar refractivity (Wildman–Crippen MR) is 154 cm³/mol. The van der Waals surface area contributed by atoms with Crippen LogP contribution >= 0.6 is 0 Å². The summed E-state index contributed by atoms with van der Waals surface area (Å²) in [5, 5.41) is 0. The Bertz CT molecular complexity index is 132. The van der Waals surface area contributed by atoms with Gasteiger partial charge in [-0.1, -0.05) is 204 Å². The summed E-state index contributed by atoms with van der Waals surface area (Å²) < 4.78 is 0. The van der Waals surface area contributed by atoms with Crippen LogP contribution in [0.4, 0.5) is 0 Å². The molecule has 0 heteroatoms. The van der Waals surface area contributed by atoms with Crippen molar-refractivity contribution >= 4 is 0 Å².